The van der Waals surface area contributed by atoms with E-state index >= 15 is 0 Å². The molecule has 1 aliphatic carbocycles. The molecule has 0 bridgehead atoms. The fourth-order valence-corrected chi connectivity index (χ4v) is 5.93. The van der Waals surface area contributed by atoms with E-state index in [9.17, 15) is 0 Å². The Morgan fingerprint density at radius 3 is 1.79 bits per heavy atom. The van der Waals surface area contributed by atoms with Crippen molar-refractivity contribution >= 4 is 16.5 Å². The van der Waals surface area contributed by atoms with Gasteiger partial charge >= 0.3 is 0 Å². The molecule has 0 saturated heterocycles. The molecule has 7 aromatic rings. The van der Waals surface area contributed by atoms with E-state index in [4.69, 9.17) is 15.0 Å². The first kappa shape index (κ1) is 24.2. The maximum atomic E-state index is 5.14. The molecule has 2 heterocycles. The monoisotopic (exact) mass is 535 g/mol. The van der Waals surface area contributed by atoms with Crippen molar-refractivity contribution in [2.24, 2.45) is 0 Å². The molecule has 3 nitrogen and oxygen atoms in total. The van der Waals surface area contributed by atoms with Gasteiger partial charge in [-0.3, -0.25) is 0 Å². The topological polar surface area (TPSA) is 38.7 Å². The van der Waals surface area contributed by atoms with Crippen LogP contribution in [0.25, 0.3) is 72.8 Å². The summed E-state index contributed by atoms with van der Waals surface area (Å²) < 4.78 is 0. The second-order valence-corrected chi connectivity index (χ2v) is 10.5. The Labute approximate surface area is 244 Å². The lowest BCUT2D eigenvalue weighted by molar-refractivity contribution is 1.18. The van der Waals surface area contributed by atoms with E-state index in [1.807, 2.05) is 30.3 Å². The second-order valence-electron chi connectivity index (χ2n) is 10.5. The van der Waals surface area contributed by atoms with Crippen molar-refractivity contribution in [3.05, 3.63) is 157 Å². The van der Waals surface area contributed by atoms with E-state index in [1.165, 1.54) is 0 Å². The first-order valence-electron chi connectivity index (χ1n) is 14.1. The maximum absolute atomic E-state index is 5.14. The number of benzene rings is 5. The molecule has 0 amide bonds. The number of para-hydroxylation sites is 1. The fraction of sp³-hybridized carbons (Fsp3) is 0. The molecule has 0 atom stereocenters. The molecule has 196 valence electrons. The summed E-state index contributed by atoms with van der Waals surface area (Å²) in [6.45, 7) is 4.44. The second kappa shape index (κ2) is 9.76. The predicted octanol–water partition coefficient (Wildman–Crippen LogP) is 9.73. The van der Waals surface area contributed by atoms with Crippen LogP contribution in [0.4, 0.5) is 0 Å². The predicted molar refractivity (Wildman–Crippen MR) is 173 cm³/mol. The summed E-state index contributed by atoms with van der Waals surface area (Å²) in [5.41, 5.74) is 13.4. The lowest BCUT2D eigenvalue weighted by Gasteiger charge is -2.13. The van der Waals surface area contributed by atoms with Crippen LogP contribution in [0.5, 0.6) is 0 Å². The molecule has 0 saturated carbocycles. The normalized spacial score (nSPS) is 11.9. The van der Waals surface area contributed by atoms with Gasteiger partial charge in [0.15, 0.2) is 5.82 Å². The summed E-state index contributed by atoms with van der Waals surface area (Å²) in [7, 11) is 0. The number of pyridine rings is 1. The molecule has 0 spiro atoms. The zero-order valence-electron chi connectivity index (χ0n) is 22.8. The van der Waals surface area contributed by atoms with Gasteiger partial charge in [0.25, 0.3) is 0 Å². The van der Waals surface area contributed by atoms with Gasteiger partial charge in [-0.05, 0) is 34.4 Å². The van der Waals surface area contributed by atoms with E-state index in [-0.39, 0.29) is 0 Å². The summed E-state index contributed by atoms with van der Waals surface area (Å²) in [5, 5.41) is 1.13. The molecule has 42 heavy (non-hydrogen) atoms. The zero-order chi connectivity index (χ0) is 28.0. The van der Waals surface area contributed by atoms with Crippen LogP contribution >= 0.6 is 0 Å². The molecule has 5 aromatic carbocycles. The molecular weight excluding hydrogens is 510 g/mol. The van der Waals surface area contributed by atoms with Crippen LogP contribution in [0.1, 0.15) is 11.1 Å². The molecule has 0 N–H and O–H groups in total. The van der Waals surface area contributed by atoms with E-state index in [0.717, 1.165) is 78.1 Å². The quantitative estimate of drug-likeness (QED) is 0.225. The van der Waals surface area contributed by atoms with Gasteiger partial charge in [0.1, 0.15) is 0 Å². The number of nitrogens with zero attached hydrogens (tertiary/aromatic N) is 3. The third kappa shape index (κ3) is 3.94. The Bertz CT molecular complexity index is 2130. The largest absolute Gasteiger partial charge is 0.248 e. The fourth-order valence-electron chi connectivity index (χ4n) is 5.93. The van der Waals surface area contributed by atoms with Crippen molar-refractivity contribution in [1.29, 1.82) is 0 Å². The van der Waals surface area contributed by atoms with Crippen LogP contribution in [0.3, 0.4) is 0 Å². The first-order valence-corrected chi connectivity index (χ1v) is 14.1. The molecule has 3 heteroatoms. The highest BCUT2D eigenvalue weighted by molar-refractivity contribution is 6.03. The highest BCUT2D eigenvalue weighted by Gasteiger charge is 2.28. The van der Waals surface area contributed by atoms with Crippen LogP contribution in [-0.4, -0.2) is 15.0 Å². The third-order valence-corrected chi connectivity index (χ3v) is 8.01. The van der Waals surface area contributed by atoms with Crippen LogP contribution in [0.15, 0.2) is 146 Å². The molecule has 0 unspecified atom stereocenters. The summed E-state index contributed by atoms with van der Waals surface area (Å²) >= 11 is 0. The Hall–Kier alpha value is -5.67. The van der Waals surface area contributed by atoms with Gasteiger partial charge in [0, 0.05) is 33.2 Å². The van der Waals surface area contributed by atoms with E-state index < -0.39 is 0 Å². The summed E-state index contributed by atoms with van der Waals surface area (Å²) in [5.74, 6) is 0.702. The Balaban J connectivity index is 1.27. The van der Waals surface area contributed by atoms with Crippen LogP contribution in [-0.2, 0) is 0 Å². The van der Waals surface area contributed by atoms with Crippen LogP contribution < -0.4 is 0 Å². The maximum Gasteiger partial charge on any atom is 0.160 e. The van der Waals surface area contributed by atoms with Crippen molar-refractivity contribution in [2.75, 3.05) is 0 Å². The van der Waals surface area contributed by atoms with Gasteiger partial charge in [-0.15, -0.1) is 0 Å². The first-order chi connectivity index (χ1) is 20.7. The van der Waals surface area contributed by atoms with Gasteiger partial charge in [-0.25, -0.2) is 15.0 Å². The number of hydrogen-bond acceptors (Lipinski definition) is 3. The van der Waals surface area contributed by atoms with Crippen molar-refractivity contribution in [2.45, 2.75) is 0 Å². The average molecular weight is 536 g/mol. The third-order valence-electron chi connectivity index (χ3n) is 8.01. The van der Waals surface area contributed by atoms with Crippen molar-refractivity contribution in [3.8, 4) is 56.3 Å². The smallest absolute Gasteiger partial charge is 0.160 e. The van der Waals surface area contributed by atoms with Gasteiger partial charge in [-0.2, -0.15) is 0 Å². The summed E-state index contributed by atoms with van der Waals surface area (Å²) in [6.07, 6.45) is 0. The molecule has 0 fully saturated rings. The number of hydrogen-bond donors (Lipinski definition) is 0. The molecule has 2 aromatic heterocycles. The van der Waals surface area contributed by atoms with E-state index in [0.29, 0.717) is 5.82 Å². The van der Waals surface area contributed by atoms with Crippen LogP contribution in [0.2, 0.25) is 0 Å². The molecule has 1 aliphatic rings. The number of aromatic nitrogens is 3. The Morgan fingerprint density at radius 1 is 0.429 bits per heavy atom. The molecular formula is C39H25N3. The Morgan fingerprint density at radius 2 is 1.02 bits per heavy atom. The van der Waals surface area contributed by atoms with Gasteiger partial charge in [0.2, 0.25) is 0 Å². The zero-order valence-corrected chi connectivity index (χ0v) is 22.8. The van der Waals surface area contributed by atoms with Gasteiger partial charge < -0.3 is 0 Å². The molecule has 8 rings (SSSR count). The summed E-state index contributed by atoms with van der Waals surface area (Å²) in [4.78, 5) is 15.2. The molecule has 0 aliphatic heterocycles. The van der Waals surface area contributed by atoms with Crippen LogP contribution in [0, 0.1) is 0 Å². The van der Waals surface area contributed by atoms with E-state index in [1.54, 1.807) is 0 Å². The minimum atomic E-state index is 0.702. The van der Waals surface area contributed by atoms with Gasteiger partial charge in [-0.1, -0.05) is 134 Å². The lowest BCUT2D eigenvalue weighted by atomic mass is 9.97. The van der Waals surface area contributed by atoms with Crippen molar-refractivity contribution in [3.63, 3.8) is 0 Å². The number of fused-ring (bicyclic) bond motifs is 4. The average Bonchev–Trinajstić information content (AvgIpc) is 3.36. The SMILES string of the molecule is C=C1c2ccccc2-c2nc(-c3ccc(-c4cc(-c5ccccc5)nc5ccccc45)cc3)nc(-c3ccccc3)c21. The minimum absolute atomic E-state index is 0.702. The standard InChI is InChI=1S/C39H25N3/c1-25-30-16-8-9-18-32(30)38-36(25)37(28-14-6-3-7-15-28)41-39(42-38)29-22-20-26(21-23-29)33-24-35(27-12-4-2-5-13-27)40-34-19-11-10-17-31(33)34/h2-24H,1H2. The molecule has 0 radical (unpaired) electrons. The lowest BCUT2D eigenvalue weighted by Crippen LogP contribution is -1.99. The summed E-state index contributed by atoms with van der Waals surface area (Å²) in [6, 6.07) is 48.1. The Kier molecular flexibility index (Phi) is 5.61. The highest BCUT2D eigenvalue weighted by Crippen LogP contribution is 2.46. The van der Waals surface area contributed by atoms with Crippen molar-refractivity contribution < 1.29 is 0 Å². The van der Waals surface area contributed by atoms with E-state index in [2.05, 4.69) is 116 Å². The highest BCUT2D eigenvalue weighted by atomic mass is 14.9. The number of rotatable bonds is 4. The van der Waals surface area contributed by atoms with Gasteiger partial charge in [0.05, 0.1) is 22.6 Å². The minimum Gasteiger partial charge on any atom is -0.248 e. The van der Waals surface area contributed by atoms with Crippen molar-refractivity contribution in [1.82, 2.24) is 15.0 Å².